The largest absolute Gasteiger partial charge is 0.497 e. The van der Waals surface area contributed by atoms with E-state index in [1.807, 2.05) is 31.2 Å². The van der Waals surface area contributed by atoms with Crippen molar-refractivity contribution in [2.45, 2.75) is 44.9 Å². The molecule has 0 saturated carbocycles. The monoisotopic (exact) mass is 374 g/mol. The van der Waals surface area contributed by atoms with Crippen molar-refractivity contribution in [2.24, 2.45) is 0 Å². The number of carbonyl (C=O) groups is 1. The summed E-state index contributed by atoms with van der Waals surface area (Å²) in [5.74, 6) is 1.51. The highest BCUT2D eigenvalue weighted by Gasteiger charge is 2.41. The second kappa shape index (κ2) is 8.49. The number of methoxy groups -OCH3 is 1. The number of carbonyl (C=O) groups excluding carboxylic acids is 1. The van der Waals surface area contributed by atoms with E-state index in [2.05, 4.69) is 15.5 Å². The van der Waals surface area contributed by atoms with Crippen molar-refractivity contribution in [1.29, 1.82) is 0 Å². The Morgan fingerprint density at radius 3 is 2.93 bits per heavy atom. The number of benzene rings is 1. The van der Waals surface area contributed by atoms with Crippen LogP contribution >= 0.6 is 0 Å². The maximum absolute atomic E-state index is 12.9. The molecular weight excluding hydrogens is 348 g/mol. The summed E-state index contributed by atoms with van der Waals surface area (Å²) in [7, 11) is 1.61. The number of hydrogen-bond donors (Lipinski definition) is 2. The number of hydrogen-bond acceptors (Lipinski definition) is 7. The molecule has 1 fully saturated rings. The number of piperidine rings is 1. The van der Waals surface area contributed by atoms with Crippen LogP contribution in [0.25, 0.3) is 0 Å². The van der Waals surface area contributed by atoms with Crippen LogP contribution in [0.5, 0.6) is 5.75 Å². The first-order valence-corrected chi connectivity index (χ1v) is 9.20. The lowest BCUT2D eigenvalue weighted by molar-refractivity contribution is -0.157. The van der Waals surface area contributed by atoms with Crippen molar-refractivity contribution in [3.05, 3.63) is 41.6 Å². The van der Waals surface area contributed by atoms with Gasteiger partial charge in [0.25, 0.3) is 5.91 Å². The van der Waals surface area contributed by atoms with Crippen molar-refractivity contribution in [1.82, 2.24) is 20.4 Å². The minimum Gasteiger partial charge on any atom is -0.497 e. The predicted molar refractivity (Wildman–Crippen MR) is 98.0 cm³/mol. The number of nitrogens with zero attached hydrogens (tertiary/aromatic N) is 3. The average Bonchev–Trinajstić information content (AvgIpc) is 3.14. The maximum Gasteiger partial charge on any atom is 0.256 e. The van der Waals surface area contributed by atoms with Gasteiger partial charge in [0.1, 0.15) is 5.75 Å². The van der Waals surface area contributed by atoms with E-state index in [-0.39, 0.29) is 12.5 Å². The van der Waals surface area contributed by atoms with Gasteiger partial charge in [-0.1, -0.05) is 19.1 Å². The zero-order chi connectivity index (χ0) is 19.3. The number of aliphatic hydroxyl groups is 1. The van der Waals surface area contributed by atoms with Gasteiger partial charge in [0.15, 0.2) is 5.60 Å². The lowest BCUT2D eigenvalue weighted by atomic mass is 9.91. The molecule has 1 aliphatic rings. The fourth-order valence-corrected chi connectivity index (χ4v) is 3.25. The Morgan fingerprint density at radius 1 is 1.37 bits per heavy atom. The van der Waals surface area contributed by atoms with Crippen LogP contribution in [-0.2, 0) is 24.3 Å². The zero-order valence-corrected chi connectivity index (χ0v) is 15.8. The van der Waals surface area contributed by atoms with Crippen LogP contribution in [0.15, 0.2) is 28.7 Å². The molecule has 1 unspecified atom stereocenters. The summed E-state index contributed by atoms with van der Waals surface area (Å²) in [6.07, 6.45) is 1.85. The molecule has 8 nitrogen and oxygen atoms in total. The van der Waals surface area contributed by atoms with E-state index in [4.69, 9.17) is 9.15 Å². The Bertz CT molecular complexity index is 779. The van der Waals surface area contributed by atoms with Crippen LogP contribution < -0.4 is 10.1 Å². The Hall–Kier alpha value is -2.45. The standard InChI is InChI=1S/C19H26N4O4/c1-3-16-21-22-17(27-16)11-20-13-19(25)8-5-9-23(18(19)24)12-14-6-4-7-15(10-14)26-2/h4,6-7,10,20,25H,3,5,8-9,11-13H2,1-2H3. The van der Waals surface area contributed by atoms with E-state index < -0.39 is 5.60 Å². The highest BCUT2D eigenvalue weighted by atomic mass is 16.5. The predicted octanol–water partition coefficient (Wildman–Crippen LogP) is 1.28. The number of rotatable bonds is 8. The van der Waals surface area contributed by atoms with Gasteiger partial charge in [-0.05, 0) is 30.5 Å². The third kappa shape index (κ3) is 4.64. The van der Waals surface area contributed by atoms with Crippen molar-refractivity contribution >= 4 is 5.91 Å². The van der Waals surface area contributed by atoms with Crippen molar-refractivity contribution in [3.63, 3.8) is 0 Å². The molecule has 27 heavy (non-hydrogen) atoms. The zero-order valence-electron chi connectivity index (χ0n) is 15.8. The van der Waals surface area contributed by atoms with E-state index in [0.717, 1.165) is 17.7 Å². The van der Waals surface area contributed by atoms with Crippen LogP contribution in [0.3, 0.4) is 0 Å². The van der Waals surface area contributed by atoms with Crippen molar-refractivity contribution < 1.29 is 19.1 Å². The third-order valence-corrected chi connectivity index (χ3v) is 4.72. The molecule has 1 atom stereocenters. The fraction of sp³-hybridized carbons (Fsp3) is 0.526. The van der Waals surface area contributed by atoms with E-state index in [1.165, 1.54) is 0 Å². The molecule has 1 aliphatic heterocycles. The molecule has 2 heterocycles. The smallest absolute Gasteiger partial charge is 0.256 e. The number of amides is 1. The molecule has 3 rings (SSSR count). The second-order valence-electron chi connectivity index (χ2n) is 6.76. The fourth-order valence-electron chi connectivity index (χ4n) is 3.25. The second-order valence-corrected chi connectivity index (χ2v) is 6.76. The van der Waals surface area contributed by atoms with Crippen LogP contribution in [0, 0.1) is 0 Å². The average molecular weight is 374 g/mol. The summed E-state index contributed by atoms with van der Waals surface area (Å²) in [6, 6.07) is 7.61. The highest BCUT2D eigenvalue weighted by molar-refractivity contribution is 5.86. The molecule has 1 saturated heterocycles. The number of aromatic nitrogens is 2. The number of nitrogens with one attached hydrogen (secondary N) is 1. The Kier molecular flexibility index (Phi) is 6.08. The minimum atomic E-state index is -1.43. The minimum absolute atomic E-state index is 0.143. The van der Waals surface area contributed by atoms with Crippen LogP contribution in [0.1, 0.15) is 37.1 Å². The molecule has 0 radical (unpaired) electrons. The first-order chi connectivity index (χ1) is 13.0. The Morgan fingerprint density at radius 2 is 2.19 bits per heavy atom. The number of ether oxygens (including phenoxy) is 1. The summed E-state index contributed by atoms with van der Waals surface area (Å²) in [6.45, 7) is 3.47. The molecule has 0 bridgehead atoms. The van der Waals surface area contributed by atoms with E-state index in [1.54, 1.807) is 12.0 Å². The Balaban J connectivity index is 1.58. The highest BCUT2D eigenvalue weighted by Crippen LogP contribution is 2.24. The lowest BCUT2D eigenvalue weighted by Crippen LogP contribution is -2.57. The first-order valence-electron chi connectivity index (χ1n) is 9.20. The molecule has 1 aromatic carbocycles. The van der Waals surface area contributed by atoms with Crippen LogP contribution in [-0.4, -0.2) is 51.9 Å². The molecule has 2 N–H and O–H groups in total. The van der Waals surface area contributed by atoms with Gasteiger partial charge in [-0.15, -0.1) is 10.2 Å². The van der Waals surface area contributed by atoms with Gasteiger partial charge >= 0.3 is 0 Å². The number of aryl methyl sites for hydroxylation is 1. The lowest BCUT2D eigenvalue weighted by Gasteiger charge is -2.38. The summed E-state index contributed by atoms with van der Waals surface area (Å²) < 4.78 is 10.7. The van der Waals surface area contributed by atoms with Gasteiger partial charge in [-0.3, -0.25) is 4.79 Å². The van der Waals surface area contributed by atoms with Crippen molar-refractivity contribution in [3.8, 4) is 5.75 Å². The molecule has 8 heteroatoms. The maximum atomic E-state index is 12.9. The molecule has 1 aromatic heterocycles. The SMILES string of the molecule is CCc1nnc(CNCC2(O)CCCN(Cc3cccc(OC)c3)C2=O)o1. The van der Waals surface area contributed by atoms with Gasteiger partial charge in [-0.25, -0.2) is 0 Å². The Labute approximate surface area is 158 Å². The van der Waals surface area contributed by atoms with E-state index >= 15 is 0 Å². The normalized spacial score (nSPS) is 20.1. The van der Waals surface area contributed by atoms with Gasteiger partial charge in [0, 0.05) is 26.1 Å². The molecular formula is C19H26N4O4. The topological polar surface area (TPSA) is 101 Å². The van der Waals surface area contributed by atoms with Crippen LogP contribution in [0.2, 0.25) is 0 Å². The summed E-state index contributed by atoms with van der Waals surface area (Å²) in [5.41, 5.74) is -0.456. The molecule has 0 spiro atoms. The van der Waals surface area contributed by atoms with Gasteiger partial charge in [-0.2, -0.15) is 0 Å². The summed E-state index contributed by atoms with van der Waals surface area (Å²) >= 11 is 0. The molecule has 2 aromatic rings. The quantitative estimate of drug-likeness (QED) is 0.718. The van der Waals surface area contributed by atoms with E-state index in [0.29, 0.717) is 44.3 Å². The van der Waals surface area contributed by atoms with Gasteiger partial charge < -0.3 is 24.5 Å². The van der Waals surface area contributed by atoms with Crippen LogP contribution in [0.4, 0.5) is 0 Å². The first kappa shape index (κ1) is 19.3. The van der Waals surface area contributed by atoms with E-state index in [9.17, 15) is 9.90 Å². The summed E-state index contributed by atoms with van der Waals surface area (Å²) in [4.78, 5) is 14.5. The third-order valence-electron chi connectivity index (χ3n) is 4.72. The van der Waals surface area contributed by atoms with Crippen molar-refractivity contribution in [2.75, 3.05) is 20.2 Å². The number of likely N-dealkylation sites (tertiary alicyclic amines) is 1. The molecule has 146 valence electrons. The van der Waals surface area contributed by atoms with Gasteiger partial charge in [0.2, 0.25) is 11.8 Å². The molecule has 1 amide bonds. The molecule has 0 aliphatic carbocycles. The summed E-state index contributed by atoms with van der Waals surface area (Å²) in [5, 5.41) is 21.8. The van der Waals surface area contributed by atoms with Gasteiger partial charge in [0.05, 0.1) is 13.7 Å².